The van der Waals surface area contributed by atoms with E-state index in [9.17, 15) is 10.5 Å². The number of hydrogen-bond donors (Lipinski definition) is 0. The van der Waals surface area contributed by atoms with Crippen LogP contribution in [0, 0.1) is 22.7 Å². The van der Waals surface area contributed by atoms with Crippen LogP contribution >= 0.6 is 0 Å². The van der Waals surface area contributed by atoms with Crippen molar-refractivity contribution in [3.05, 3.63) is 71.3 Å². The summed E-state index contributed by atoms with van der Waals surface area (Å²) in [6.07, 6.45) is 4.33. The maximum Gasteiger partial charge on any atom is 0.101 e. The van der Waals surface area contributed by atoms with Crippen LogP contribution in [0.3, 0.4) is 0 Å². The van der Waals surface area contributed by atoms with Gasteiger partial charge < -0.3 is 4.90 Å². The summed E-state index contributed by atoms with van der Waals surface area (Å²) >= 11 is 0. The molecule has 1 saturated heterocycles. The molecule has 0 amide bonds. The number of rotatable bonds is 4. The van der Waals surface area contributed by atoms with Crippen LogP contribution in [0.5, 0.6) is 0 Å². The fourth-order valence-electron chi connectivity index (χ4n) is 3.12. The highest BCUT2D eigenvalue weighted by molar-refractivity contribution is 5.68. The third-order valence-electron chi connectivity index (χ3n) is 4.44. The van der Waals surface area contributed by atoms with Crippen LogP contribution in [0.1, 0.15) is 16.7 Å². The first-order valence-electron chi connectivity index (χ1n) is 8.44. The smallest absolute Gasteiger partial charge is 0.101 e. The minimum atomic E-state index is 0.580. The molecule has 124 valence electrons. The van der Waals surface area contributed by atoms with Crippen molar-refractivity contribution in [3.8, 4) is 12.1 Å². The van der Waals surface area contributed by atoms with E-state index in [0.29, 0.717) is 11.1 Å². The lowest BCUT2D eigenvalue weighted by molar-refractivity contribution is 0.284. The van der Waals surface area contributed by atoms with Gasteiger partial charge in [-0.15, -0.1) is 0 Å². The minimum absolute atomic E-state index is 0.580. The Labute approximate surface area is 148 Å². The monoisotopic (exact) mass is 328 g/mol. The summed E-state index contributed by atoms with van der Waals surface area (Å²) in [4.78, 5) is 4.55. The van der Waals surface area contributed by atoms with Crippen molar-refractivity contribution < 1.29 is 0 Å². The fourth-order valence-corrected chi connectivity index (χ4v) is 3.12. The van der Waals surface area contributed by atoms with E-state index in [1.165, 1.54) is 5.56 Å². The highest BCUT2D eigenvalue weighted by Gasteiger charge is 2.21. The van der Waals surface area contributed by atoms with Crippen LogP contribution in [0.2, 0.25) is 0 Å². The molecule has 0 aliphatic carbocycles. The Bertz CT molecular complexity index is 787. The summed E-state index contributed by atoms with van der Waals surface area (Å²) in [7, 11) is 0. The molecule has 2 aromatic carbocycles. The maximum atomic E-state index is 9.34. The first-order chi connectivity index (χ1) is 12.3. The van der Waals surface area contributed by atoms with E-state index in [-0.39, 0.29) is 0 Å². The summed E-state index contributed by atoms with van der Waals surface area (Å²) in [5, 5.41) is 18.7. The molecule has 4 heteroatoms. The molecule has 1 aliphatic heterocycles. The molecule has 0 radical (unpaired) electrons. The highest BCUT2D eigenvalue weighted by atomic mass is 15.3. The summed E-state index contributed by atoms with van der Waals surface area (Å²) in [5.74, 6) is 0. The third-order valence-corrected chi connectivity index (χ3v) is 4.44. The van der Waals surface area contributed by atoms with E-state index >= 15 is 0 Å². The average molecular weight is 328 g/mol. The van der Waals surface area contributed by atoms with Gasteiger partial charge in [0.15, 0.2) is 0 Å². The topological polar surface area (TPSA) is 54.1 Å². The van der Waals surface area contributed by atoms with Crippen molar-refractivity contribution in [1.82, 2.24) is 4.90 Å². The summed E-state index contributed by atoms with van der Waals surface area (Å²) < 4.78 is 0. The van der Waals surface area contributed by atoms with Crippen LogP contribution in [-0.2, 0) is 0 Å². The Kier molecular flexibility index (Phi) is 5.46. The Hall–Kier alpha value is -3.08. The highest BCUT2D eigenvalue weighted by Crippen LogP contribution is 2.25. The van der Waals surface area contributed by atoms with E-state index in [0.717, 1.165) is 38.4 Å². The molecule has 1 aliphatic rings. The van der Waals surface area contributed by atoms with Gasteiger partial charge in [-0.25, -0.2) is 0 Å². The molecule has 2 aromatic rings. The van der Waals surface area contributed by atoms with Crippen LogP contribution in [0.25, 0.3) is 6.08 Å². The molecule has 25 heavy (non-hydrogen) atoms. The molecule has 1 heterocycles. The second-order valence-electron chi connectivity index (χ2n) is 6.03. The molecule has 3 rings (SSSR count). The Morgan fingerprint density at radius 3 is 2.08 bits per heavy atom. The predicted octanol–water partition coefficient (Wildman–Crippen LogP) is 3.27. The largest absolute Gasteiger partial charge is 0.367 e. The first kappa shape index (κ1) is 16.8. The number of piperazine rings is 1. The lowest BCUT2D eigenvalue weighted by Gasteiger charge is -2.36. The summed E-state index contributed by atoms with van der Waals surface area (Å²) in [5.41, 5.74) is 3.16. The number of nitrogens with zero attached hydrogens (tertiary/aromatic N) is 4. The zero-order valence-corrected chi connectivity index (χ0v) is 14.1. The van der Waals surface area contributed by atoms with Crippen molar-refractivity contribution in [1.29, 1.82) is 10.5 Å². The summed E-state index contributed by atoms with van der Waals surface area (Å²) in [6.45, 7) is 4.40. The van der Waals surface area contributed by atoms with Crippen molar-refractivity contribution in [3.63, 3.8) is 0 Å². The van der Waals surface area contributed by atoms with Gasteiger partial charge >= 0.3 is 0 Å². The maximum absolute atomic E-state index is 9.34. The predicted molar refractivity (Wildman–Crippen MR) is 100 cm³/mol. The van der Waals surface area contributed by atoms with Gasteiger partial charge in [0.25, 0.3) is 0 Å². The normalized spacial score (nSPS) is 15.0. The van der Waals surface area contributed by atoms with Crippen LogP contribution < -0.4 is 4.90 Å². The van der Waals surface area contributed by atoms with E-state index in [4.69, 9.17) is 0 Å². The second-order valence-corrected chi connectivity index (χ2v) is 6.03. The molecule has 1 fully saturated rings. The zero-order valence-electron chi connectivity index (χ0n) is 14.1. The van der Waals surface area contributed by atoms with Crippen LogP contribution in [-0.4, -0.2) is 37.6 Å². The lowest BCUT2D eigenvalue weighted by Crippen LogP contribution is -2.46. The van der Waals surface area contributed by atoms with Crippen LogP contribution in [0.15, 0.2) is 54.6 Å². The van der Waals surface area contributed by atoms with E-state index in [1.54, 1.807) is 18.2 Å². The minimum Gasteiger partial charge on any atom is -0.367 e. The van der Waals surface area contributed by atoms with Gasteiger partial charge in [0.05, 0.1) is 16.8 Å². The van der Waals surface area contributed by atoms with Crippen molar-refractivity contribution in [2.45, 2.75) is 0 Å². The number of benzene rings is 2. The second kappa shape index (κ2) is 8.15. The number of hydrogen-bond acceptors (Lipinski definition) is 4. The molecule has 0 unspecified atom stereocenters. The molecule has 0 atom stereocenters. The van der Waals surface area contributed by atoms with Gasteiger partial charge in [0.2, 0.25) is 0 Å². The quantitative estimate of drug-likeness (QED) is 0.864. The SMILES string of the molecule is N#Cc1cccc(C#N)c1N1CCN(C/C=C/c2ccccc2)CC1. The average Bonchev–Trinajstić information content (AvgIpc) is 2.68. The Morgan fingerprint density at radius 2 is 1.48 bits per heavy atom. The number of anilines is 1. The van der Waals surface area contributed by atoms with Gasteiger partial charge in [-0.05, 0) is 17.7 Å². The standard InChI is InChI=1S/C21H20N4/c22-16-19-9-4-10-20(17-23)21(19)25-14-12-24(13-15-25)11-5-8-18-6-2-1-3-7-18/h1-10H,11-15H2/b8-5+. The lowest BCUT2D eigenvalue weighted by atomic mass is 10.1. The van der Waals surface area contributed by atoms with Crippen molar-refractivity contribution in [2.75, 3.05) is 37.6 Å². The Morgan fingerprint density at radius 1 is 0.840 bits per heavy atom. The molecular formula is C21H20N4. The fraction of sp³-hybridized carbons (Fsp3) is 0.238. The number of nitriles is 2. The van der Waals surface area contributed by atoms with Gasteiger partial charge in [0, 0.05) is 32.7 Å². The van der Waals surface area contributed by atoms with E-state index in [2.05, 4.69) is 46.2 Å². The van der Waals surface area contributed by atoms with Gasteiger partial charge in [-0.2, -0.15) is 10.5 Å². The van der Waals surface area contributed by atoms with Gasteiger partial charge in [0.1, 0.15) is 12.1 Å². The third kappa shape index (κ3) is 4.07. The Balaban J connectivity index is 1.61. The van der Waals surface area contributed by atoms with Crippen LogP contribution in [0.4, 0.5) is 5.69 Å². The van der Waals surface area contributed by atoms with Gasteiger partial charge in [-0.1, -0.05) is 48.6 Å². The van der Waals surface area contributed by atoms with Crippen molar-refractivity contribution >= 4 is 11.8 Å². The summed E-state index contributed by atoms with van der Waals surface area (Å²) in [6, 6.07) is 20.0. The van der Waals surface area contributed by atoms with E-state index in [1.807, 2.05) is 18.2 Å². The van der Waals surface area contributed by atoms with Gasteiger partial charge in [-0.3, -0.25) is 4.90 Å². The van der Waals surface area contributed by atoms with Crippen molar-refractivity contribution in [2.24, 2.45) is 0 Å². The molecule has 0 aromatic heterocycles. The molecule has 0 spiro atoms. The molecular weight excluding hydrogens is 308 g/mol. The molecule has 0 bridgehead atoms. The first-order valence-corrected chi connectivity index (χ1v) is 8.44. The molecule has 0 saturated carbocycles. The van der Waals surface area contributed by atoms with E-state index < -0.39 is 0 Å². The molecule has 0 N–H and O–H groups in total. The number of para-hydroxylation sites is 1. The molecule has 4 nitrogen and oxygen atoms in total. The zero-order chi connectivity index (χ0) is 17.5.